The first-order valence-electron chi connectivity index (χ1n) is 12.1. The minimum Gasteiger partial charge on any atom is -0.481 e. The van der Waals surface area contributed by atoms with E-state index in [4.69, 9.17) is 5.11 Å². The summed E-state index contributed by atoms with van der Waals surface area (Å²) in [4.78, 5) is 11.0. The fraction of sp³-hybridized carbons (Fsp3) is 0.808. The number of carboxylic acid groups (broad SMARTS) is 1. The number of allylic oxidation sites excluding steroid dienone is 2. The minimum absolute atomic E-state index is 0.00749. The monoisotopic (exact) mass is 416 g/mol. The Bertz CT molecular complexity index is 694. The average Bonchev–Trinajstić information content (AvgIpc) is 2.71. The summed E-state index contributed by atoms with van der Waals surface area (Å²) in [5.41, 5.74) is 1.41. The van der Waals surface area contributed by atoms with Gasteiger partial charge in [0.05, 0.1) is 12.0 Å². The molecule has 0 spiro atoms. The molecule has 3 aliphatic rings. The van der Waals surface area contributed by atoms with E-state index < -0.39 is 18.2 Å². The third kappa shape index (κ3) is 4.34. The molecule has 0 aliphatic heterocycles. The summed E-state index contributed by atoms with van der Waals surface area (Å²) in [6, 6.07) is 0. The molecule has 0 bridgehead atoms. The maximum atomic E-state index is 11.0. The molecule has 6 atom stereocenters. The second-order valence-electron chi connectivity index (χ2n) is 10.1. The number of fused-ring (bicyclic) bond motifs is 1. The summed E-state index contributed by atoms with van der Waals surface area (Å²) in [5, 5.41) is 30.6. The average molecular weight is 417 g/mol. The summed E-state index contributed by atoms with van der Waals surface area (Å²) in [6.45, 7) is 6.69. The lowest BCUT2D eigenvalue weighted by Gasteiger charge is -2.65. The predicted molar refractivity (Wildman–Crippen MR) is 119 cm³/mol. The molecule has 30 heavy (non-hydrogen) atoms. The van der Waals surface area contributed by atoms with Gasteiger partial charge >= 0.3 is 5.97 Å². The molecule has 168 valence electrons. The Morgan fingerprint density at radius 2 is 1.93 bits per heavy atom. The summed E-state index contributed by atoms with van der Waals surface area (Å²) >= 11 is 0. The first kappa shape index (κ1) is 23.4. The van der Waals surface area contributed by atoms with Crippen LogP contribution in [0.25, 0.3) is 0 Å². The van der Waals surface area contributed by atoms with Gasteiger partial charge in [-0.1, -0.05) is 63.5 Å². The van der Waals surface area contributed by atoms with Crippen molar-refractivity contribution in [2.24, 2.45) is 35.0 Å². The van der Waals surface area contributed by atoms with Gasteiger partial charge in [-0.25, -0.2) is 0 Å². The molecule has 0 aromatic heterocycles. The number of aliphatic hydroxyl groups is 2. The standard InChI is InChI=1S/C26H40O4/c1-4-19-21(11-8-12-24(29)30)26(17(2)3)16-15-23(28)20(25(19)26)13-14-22(27)18-9-6-5-7-10-18/h11,17-20,22-23,25,27-28H,4-10,12,15-16H2,1-3H3,(H,29,30)/t19?,20-,22?,23+,25+,26-/m1/s1. The molecule has 0 aromatic carbocycles. The van der Waals surface area contributed by atoms with E-state index in [0.717, 1.165) is 32.1 Å². The molecule has 3 saturated carbocycles. The van der Waals surface area contributed by atoms with Gasteiger partial charge in [-0.05, 0) is 67.6 Å². The molecule has 3 rings (SSSR count). The van der Waals surface area contributed by atoms with Gasteiger partial charge in [0.1, 0.15) is 6.10 Å². The number of aliphatic hydroxyl groups excluding tert-OH is 2. The van der Waals surface area contributed by atoms with Gasteiger partial charge in [0.15, 0.2) is 0 Å². The highest BCUT2D eigenvalue weighted by Crippen LogP contribution is 2.68. The maximum absolute atomic E-state index is 11.0. The van der Waals surface area contributed by atoms with Crippen molar-refractivity contribution < 1.29 is 20.1 Å². The van der Waals surface area contributed by atoms with E-state index in [9.17, 15) is 15.0 Å². The Balaban J connectivity index is 1.85. The highest BCUT2D eigenvalue weighted by atomic mass is 16.4. The zero-order valence-corrected chi connectivity index (χ0v) is 18.9. The Morgan fingerprint density at radius 1 is 1.23 bits per heavy atom. The third-order valence-corrected chi connectivity index (χ3v) is 8.31. The number of aliphatic carboxylic acids is 1. The lowest BCUT2D eigenvalue weighted by molar-refractivity contribution is -0.136. The van der Waals surface area contributed by atoms with Gasteiger partial charge in [0.25, 0.3) is 0 Å². The van der Waals surface area contributed by atoms with Gasteiger partial charge in [0.2, 0.25) is 0 Å². The zero-order valence-electron chi connectivity index (χ0n) is 18.9. The SMILES string of the molecule is CCC1C(=CCCC(=O)O)[C@]2(C(C)C)CC[C@H](O)[C@@H](C#CC(O)C3CCCCC3)[C@H]12. The van der Waals surface area contributed by atoms with Gasteiger partial charge in [-0.2, -0.15) is 0 Å². The van der Waals surface area contributed by atoms with Crippen LogP contribution >= 0.6 is 0 Å². The van der Waals surface area contributed by atoms with Crippen molar-refractivity contribution in [3.63, 3.8) is 0 Å². The van der Waals surface area contributed by atoms with Crippen molar-refractivity contribution >= 4 is 5.97 Å². The molecular weight excluding hydrogens is 376 g/mol. The number of carbonyl (C=O) groups is 1. The van der Waals surface area contributed by atoms with Crippen molar-refractivity contribution in [2.45, 2.75) is 97.2 Å². The molecule has 3 fully saturated rings. The van der Waals surface area contributed by atoms with Crippen LogP contribution in [0.4, 0.5) is 0 Å². The minimum atomic E-state index is -0.756. The van der Waals surface area contributed by atoms with E-state index in [1.54, 1.807) is 0 Å². The molecule has 0 radical (unpaired) electrons. The second-order valence-corrected chi connectivity index (χ2v) is 10.1. The second kappa shape index (κ2) is 9.88. The van der Waals surface area contributed by atoms with Crippen molar-refractivity contribution in [2.75, 3.05) is 0 Å². The Hall–Kier alpha value is -1.31. The van der Waals surface area contributed by atoms with Crippen molar-refractivity contribution in [1.82, 2.24) is 0 Å². The van der Waals surface area contributed by atoms with Crippen molar-refractivity contribution in [3.8, 4) is 11.8 Å². The Kier molecular flexibility index (Phi) is 7.69. The molecular formula is C26H40O4. The van der Waals surface area contributed by atoms with E-state index in [2.05, 4.69) is 38.7 Å². The van der Waals surface area contributed by atoms with Crippen LogP contribution < -0.4 is 0 Å². The molecule has 2 unspecified atom stereocenters. The van der Waals surface area contributed by atoms with Crippen LogP contribution in [0.5, 0.6) is 0 Å². The van der Waals surface area contributed by atoms with E-state index in [1.807, 2.05) is 0 Å². The lowest BCUT2D eigenvalue weighted by atomic mass is 9.39. The predicted octanol–water partition coefficient (Wildman–Crippen LogP) is 4.79. The number of carboxylic acids is 1. The largest absolute Gasteiger partial charge is 0.481 e. The fourth-order valence-corrected chi connectivity index (χ4v) is 6.79. The van der Waals surface area contributed by atoms with Crippen LogP contribution in [0, 0.1) is 46.8 Å². The topological polar surface area (TPSA) is 77.8 Å². The third-order valence-electron chi connectivity index (χ3n) is 8.31. The molecule has 4 heteroatoms. The van der Waals surface area contributed by atoms with E-state index in [0.29, 0.717) is 18.3 Å². The summed E-state index contributed by atoms with van der Waals surface area (Å²) in [7, 11) is 0. The number of hydrogen-bond acceptors (Lipinski definition) is 3. The van der Waals surface area contributed by atoms with Crippen LogP contribution in [0.15, 0.2) is 11.6 Å². The normalized spacial score (nSPS) is 36.5. The van der Waals surface area contributed by atoms with Crippen LogP contribution in [-0.2, 0) is 4.79 Å². The van der Waals surface area contributed by atoms with Crippen LogP contribution in [0.3, 0.4) is 0 Å². The van der Waals surface area contributed by atoms with E-state index >= 15 is 0 Å². The van der Waals surface area contributed by atoms with Gasteiger partial charge in [-0.15, -0.1) is 0 Å². The summed E-state index contributed by atoms with van der Waals surface area (Å²) in [6.07, 6.45) is 10.2. The highest BCUT2D eigenvalue weighted by Gasteiger charge is 2.63. The van der Waals surface area contributed by atoms with Crippen LogP contribution in [0.2, 0.25) is 0 Å². The summed E-state index contributed by atoms with van der Waals surface area (Å²) in [5.74, 6) is 6.99. The smallest absolute Gasteiger partial charge is 0.303 e. The molecule has 3 aliphatic carbocycles. The molecule has 0 amide bonds. The quantitative estimate of drug-likeness (QED) is 0.430. The first-order chi connectivity index (χ1) is 14.3. The molecule has 0 heterocycles. The summed E-state index contributed by atoms with van der Waals surface area (Å²) < 4.78 is 0. The molecule has 0 saturated heterocycles. The van der Waals surface area contributed by atoms with E-state index in [-0.39, 0.29) is 29.6 Å². The highest BCUT2D eigenvalue weighted by molar-refractivity contribution is 5.66. The fourth-order valence-electron chi connectivity index (χ4n) is 6.79. The van der Waals surface area contributed by atoms with Crippen molar-refractivity contribution in [1.29, 1.82) is 0 Å². The Morgan fingerprint density at radius 3 is 2.53 bits per heavy atom. The van der Waals surface area contributed by atoms with Gasteiger partial charge < -0.3 is 15.3 Å². The maximum Gasteiger partial charge on any atom is 0.303 e. The first-order valence-corrected chi connectivity index (χ1v) is 12.1. The molecule has 0 aromatic rings. The van der Waals surface area contributed by atoms with Crippen molar-refractivity contribution in [3.05, 3.63) is 11.6 Å². The number of hydrogen-bond donors (Lipinski definition) is 3. The Labute approximate surface area is 182 Å². The van der Waals surface area contributed by atoms with E-state index in [1.165, 1.54) is 24.8 Å². The molecule has 4 nitrogen and oxygen atoms in total. The van der Waals surface area contributed by atoms with Crippen LogP contribution in [0.1, 0.15) is 85.0 Å². The van der Waals surface area contributed by atoms with Gasteiger partial charge in [0, 0.05) is 6.42 Å². The molecule has 3 N–H and O–H groups in total. The van der Waals surface area contributed by atoms with Crippen LogP contribution in [-0.4, -0.2) is 33.5 Å². The number of rotatable bonds is 6. The zero-order chi connectivity index (χ0) is 21.9. The lowest BCUT2D eigenvalue weighted by Crippen LogP contribution is -2.61. The van der Waals surface area contributed by atoms with Gasteiger partial charge in [-0.3, -0.25) is 4.79 Å².